The van der Waals surface area contributed by atoms with Crippen molar-refractivity contribution in [3.8, 4) is 0 Å². The number of hydrogen-bond donors (Lipinski definition) is 1. The summed E-state index contributed by atoms with van der Waals surface area (Å²) in [4.78, 5) is 7.47. The van der Waals surface area contributed by atoms with E-state index in [1.165, 1.54) is 49.5 Å². The summed E-state index contributed by atoms with van der Waals surface area (Å²) < 4.78 is 0. The van der Waals surface area contributed by atoms with Crippen molar-refractivity contribution in [3.05, 3.63) is 11.1 Å². The van der Waals surface area contributed by atoms with Gasteiger partial charge in [0.2, 0.25) is 0 Å². The van der Waals surface area contributed by atoms with Gasteiger partial charge in [-0.2, -0.15) is 0 Å². The van der Waals surface area contributed by atoms with Crippen molar-refractivity contribution in [2.45, 2.75) is 58.0 Å². The van der Waals surface area contributed by atoms with E-state index in [4.69, 9.17) is 4.98 Å². The first kappa shape index (κ1) is 13.4. The topological polar surface area (TPSA) is 28.2 Å². The second-order valence-corrected chi connectivity index (χ2v) is 6.89. The molecule has 19 heavy (non-hydrogen) atoms. The Morgan fingerprint density at radius 2 is 2.21 bits per heavy atom. The summed E-state index contributed by atoms with van der Waals surface area (Å²) in [5, 5.41) is 7.02. The maximum Gasteiger partial charge on any atom is 0.185 e. The van der Waals surface area contributed by atoms with Crippen LogP contribution in [0.2, 0.25) is 0 Å². The Balaban J connectivity index is 1.64. The molecular weight excluding hydrogens is 254 g/mol. The molecule has 2 saturated carbocycles. The molecule has 0 spiro atoms. The van der Waals surface area contributed by atoms with Crippen molar-refractivity contribution in [2.24, 2.45) is 5.92 Å². The smallest absolute Gasteiger partial charge is 0.185 e. The predicted octanol–water partition coefficient (Wildman–Crippen LogP) is 3.58. The maximum atomic E-state index is 4.89. The quantitative estimate of drug-likeness (QED) is 0.788. The minimum absolute atomic E-state index is 0.381. The number of aromatic nitrogens is 1. The third-order valence-electron chi connectivity index (χ3n) is 4.04. The molecule has 1 aromatic rings. The Labute approximate surface area is 120 Å². The molecule has 1 atom stereocenters. The molecule has 3 nitrogen and oxygen atoms in total. The molecule has 2 aliphatic rings. The second-order valence-electron chi connectivity index (χ2n) is 6.06. The van der Waals surface area contributed by atoms with E-state index in [0.717, 1.165) is 18.5 Å². The van der Waals surface area contributed by atoms with Gasteiger partial charge in [0.1, 0.15) is 0 Å². The lowest BCUT2D eigenvalue weighted by Crippen LogP contribution is -2.28. The number of rotatable bonds is 8. The van der Waals surface area contributed by atoms with E-state index in [2.05, 4.69) is 29.4 Å². The number of thiazole rings is 1. The second kappa shape index (κ2) is 5.80. The molecule has 2 fully saturated rings. The summed E-state index contributed by atoms with van der Waals surface area (Å²) in [6.45, 7) is 6.74. The van der Waals surface area contributed by atoms with Gasteiger partial charge < -0.3 is 10.2 Å². The standard InChI is InChI=1S/C15H25N3S/c1-3-8-16-11(2)14-10-19-15(17-14)18(13-6-7-13)9-12-4-5-12/h10-13,16H,3-9H2,1-2H3. The van der Waals surface area contributed by atoms with Crippen LogP contribution in [0.15, 0.2) is 5.38 Å². The van der Waals surface area contributed by atoms with Crippen LogP contribution < -0.4 is 10.2 Å². The van der Waals surface area contributed by atoms with Crippen LogP contribution in [0, 0.1) is 5.92 Å². The molecule has 1 N–H and O–H groups in total. The molecule has 0 amide bonds. The van der Waals surface area contributed by atoms with E-state index in [1.807, 2.05) is 11.3 Å². The minimum Gasteiger partial charge on any atom is -0.345 e. The molecule has 1 aromatic heterocycles. The maximum absolute atomic E-state index is 4.89. The van der Waals surface area contributed by atoms with Crippen molar-refractivity contribution >= 4 is 16.5 Å². The summed E-state index contributed by atoms with van der Waals surface area (Å²) >= 11 is 1.83. The predicted molar refractivity (Wildman–Crippen MR) is 81.9 cm³/mol. The summed E-state index contributed by atoms with van der Waals surface area (Å²) in [6.07, 6.45) is 6.76. The van der Waals surface area contributed by atoms with E-state index < -0.39 is 0 Å². The lowest BCUT2D eigenvalue weighted by atomic mass is 10.2. The van der Waals surface area contributed by atoms with Crippen molar-refractivity contribution in [3.63, 3.8) is 0 Å². The third kappa shape index (κ3) is 3.48. The van der Waals surface area contributed by atoms with Crippen LogP contribution in [0.3, 0.4) is 0 Å². The van der Waals surface area contributed by atoms with E-state index in [1.54, 1.807) is 0 Å². The van der Waals surface area contributed by atoms with Crippen LogP contribution >= 0.6 is 11.3 Å². The normalized spacial score (nSPS) is 20.5. The molecule has 106 valence electrons. The molecule has 4 heteroatoms. The molecule has 2 aliphatic carbocycles. The number of hydrogen-bond acceptors (Lipinski definition) is 4. The SMILES string of the molecule is CCCNC(C)c1csc(N(CC2CC2)C2CC2)n1. The molecular formula is C15H25N3S. The zero-order valence-corrected chi connectivity index (χ0v) is 12.9. The molecule has 1 heterocycles. The Kier molecular flexibility index (Phi) is 4.08. The summed E-state index contributed by atoms with van der Waals surface area (Å²) in [5.74, 6) is 0.948. The molecule has 1 unspecified atom stereocenters. The van der Waals surface area contributed by atoms with Crippen molar-refractivity contribution in [1.29, 1.82) is 0 Å². The molecule has 0 bridgehead atoms. The highest BCUT2D eigenvalue weighted by molar-refractivity contribution is 7.13. The Morgan fingerprint density at radius 1 is 1.42 bits per heavy atom. The van der Waals surface area contributed by atoms with Crippen LogP contribution in [0.25, 0.3) is 0 Å². The zero-order valence-electron chi connectivity index (χ0n) is 12.1. The fourth-order valence-corrected chi connectivity index (χ4v) is 3.42. The van der Waals surface area contributed by atoms with Gasteiger partial charge in [-0.25, -0.2) is 4.98 Å². The Bertz CT molecular complexity index is 409. The Morgan fingerprint density at radius 3 is 2.84 bits per heavy atom. The first-order valence-corrected chi connectivity index (χ1v) is 8.61. The molecule has 0 aliphatic heterocycles. The van der Waals surface area contributed by atoms with E-state index >= 15 is 0 Å². The van der Waals surface area contributed by atoms with Crippen LogP contribution in [0.1, 0.15) is 57.7 Å². The van der Waals surface area contributed by atoms with Gasteiger partial charge in [0.05, 0.1) is 5.69 Å². The van der Waals surface area contributed by atoms with Crippen molar-refractivity contribution < 1.29 is 0 Å². The highest BCUT2D eigenvalue weighted by Crippen LogP contribution is 2.39. The monoisotopic (exact) mass is 279 g/mol. The average Bonchev–Trinajstić information content (AvgIpc) is 3.32. The number of nitrogens with one attached hydrogen (secondary N) is 1. The van der Waals surface area contributed by atoms with Gasteiger partial charge in [0, 0.05) is 24.0 Å². The van der Waals surface area contributed by atoms with E-state index in [0.29, 0.717) is 6.04 Å². The average molecular weight is 279 g/mol. The first-order valence-electron chi connectivity index (χ1n) is 7.73. The summed E-state index contributed by atoms with van der Waals surface area (Å²) in [5.41, 5.74) is 1.22. The minimum atomic E-state index is 0.381. The Hall–Kier alpha value is -0.610. The highest BCUT2D eigenvalue weighted by atomic mass is 32.1. The third-order valence-corrected chi connectivity index (χ3v) is 4.94. The van der Waals surface area contributed by atoms with Gasteiger partial charge in [0.25, 0.3) is 0 Å². The van der Waals surface area contributed by atoms with Gasteiger partial charge >= 0.3 is 0 Å². The molecule has 3 rings (SSSR count). The van der Waals surface area contributed by atoms with Gasteiger partial charge in [-0.3, -0.25) is 0 Å². The van der Waals surface area contributed by atoms with Gasteiger partial charge in [-0.05, 0) is 51.5 Å². The van der Waals surface area contributed by atoms with Crippen LogP contribution in [-0.4, -0.2) is 24.1 Å². The zero-order chi connectivity index (χ0) is 13.2. The van der Waals surface area contributed by atoms with Crippen molar-refractivity contribution in [1.82, 2.24) is 10.3 Å². The highest BCUT2D eigenvalue weighted by Gasteiger charge is 2.35. The molecule has 0 aromatic carbocycles. The van der Waals surface area contributed by atoms with Crippen LogP contribution in [-0.2, 0) is 0 Å². The largest absolute Gasteiger partial charge is 0.345 e. The van der Waals surface area contributed by atoms with Gasteiger partial charge in [-0.1, -0.05) is 6.92 Å². The fraction of sp³-hybridized carbons (Fsp3) is 0.800. The lowest BCUT2D eigenvalue weighted by Gasteiger charge is -2.21. The number of nitrogens with zero attached hydrogens (tertiary/aromatic N) is 2. The van der Waals surface area contributed by atoms with Crippen molar-refractivity contribution in [2.75, 3.05) is 18.0 Å². The fourth-order valence-electron chi connectivity index (χ4n) is 2.42. The summed E-state index contributed by atoms with van der Waals surface area (Å²) in [7, 11) is 0. The first-order chi connectivity index (χ1) is 9.28. The summed E-state index contributed by atoms with van der Waals surface area (Å²) in [6, 6.07) is 1.17. The van der Waals surface area contributed by atoms with Crippen LogP contribution in [0.5, 0.6) is 0 Å². The van der Waals surface area contributed by atoms with Crippen LogP contribution in [0.4, 0.5) is 5.13 Å². The van der Waals surface area contributed by atoms with Gasteiger partial charge in [0.15, 0.2) is 5.13 Å². The lowest BCUT2D eigenvalue weighted by molar-refractivity contribution is 0.560. The van der Waals surface area contributed by atoms with Gasteiger partial charge in [-0.15, -0.1) is 11.3 Å². The number of anilines is 1. The molecule has 0 saturated heterocycles. The van der Waals surface area contributed by atoms with E-state index in [-0.39, 0.29) is 0 Å². The molecule has 0 radical (unpaired) electrons. The van der Waals surface area contributed by atoms with E-state index in [9.17, 15) is 0 Å².